The van der Waals surface area contributed by atoms with E-state index in [-0.39, 0.29) is 0 Å². The summed E-state index contributed by atoms with van der Waals surface area (Å²) in [7, 11) is 4.49. The molecule has 0 unspecified atom stereocenters. The van der Waals surface area contributed by atoms with Crippen LogP contribution in [0.15, 0.2) is 18.2 Å². The topological polar surface area (TPSA) is 85.5 Å². The SMILES string of the molecule is COC(=O)Nc1c(-c2ccc(OC)cc2OC)n[nH]c1CC(C)C. The zero-order valence-electron chi connectivity index (χ0n) is 14.6. The molecule has 0 aliphatic heterocycles. The number of nitrogens with one attached hydrogen (secondary N) is 2. The van der Waals surface area contributed by atoms with Gasteiger partial charge in [-0.1, -0.05) is 13.8 Å². The Kier molecular flexibility index (Phi) is 5.68. The van der Waals surface area contributed by atoms with Crippen molar-refractivity contribution in [2.24, 2.45) is 5.92 Å². The number of ether oxygens (including phenoxy) is 3. The molecule has 0 saturated carbocycles. The third-order valence-electron chi connectivity index (χ3n) is 3.53. The molecule has 1 aromatic heterocycles. The van der Waals surface area contributed by atoms with Crippen molar-refractivity contribution < 1.29 is 19.0 Å². The average Bonchev–Trinajstić information content (AvgIpc) is 2.95. The van der Waals surface area contributed by atoms with Gasteiger partial charge < -0.3 is 14.2 Å². The predicted octanol–water partition coefficient (Wildman–Crippen LogP) is 3.47. The summed E-state index contributed by atoms with van der Waals surface area (Å²) in [6, 6.07) is 5.43. The number of aromatic nitrogens is 2. The molecule has 0 aliphatic carbocycles. The van der Waals surface area contributed by atoms with Gasteiger partial charge in [0.2, 0.25) is 0 Å². The molecule has 7 nitrogen and oxygen atoms in total. The lowest BCUT2D eigenvalue weighted by atomic mass is 10.0. The number of hydrogen-bond donors (Lipinski definition) is 2. The first-order valence-electron chi connectivity index (χ1n) is 7.64. The molecule has 130 valence electrons. The molecule has 2 N–H and O–H groups in total. The van der Waals surface area contributed by atoms with Gasteiger partial charge in [0.25, 0.3) is 0 Å². The van der Waals surface area contributed by atoms with Crippen LogP contribution in [0.2, 0.25) is 0 Å². The molecule has 0 saturated heterocycles. The molecule has 2 rings (SSSR count). The lowest BCUT2D eigenvalue weighted by molar-refractivity contribution is 0.187. The van der Waals surface area contributed by atoms with E-state index in [2.05, 4.69) is 29.4 Å². The van der Waals surface area contributed by atoms with E-state index in [0.717, 1.165) is 17.7 Å². The van der Waals surface area contributed by atoms with Crippen LogP contribution in [0.5, 0.6) is 11.5 Å². The second kappa shape index (κ2) is 7.72. The van der Waals surface area contributed by atoms with Gasteiger partial charge in [0.05, 0.1) is 32.7 Å². The van der Waals surface area contributed by atoms with Crippen LogP contribution in [0.3, 0.4) is 0 Å². The maximum absolute atomic E-state index is 11.7. The summed E-state index contributed by atoms with van der Waals surface area (Å²) >= 11 is 0. The number of rotatable bonds is 6. The van der Waals surface area contributed by atoms with E-state index in [0.29, 0.717) is 28.8 Å². The number of benzene rings is 1. The largest absolute Gasteiger partial charge is 0.497 e. The maximum Gasteiger partial charge on any atom is 0.411 e. The van der Waals surface area contributed by atoms with E-state index in [4.69, 9.17) is 14.2 Å². The number of methoxy groups -OCH3 is 3. The minimum Gasteiger partial charge on any atom is -0.497 e. The first-order chi connectivity index (χ1) is 11.5. The zero-order valence-corrected chi connectivity index (χ0v) is 14.6. The number of anilines is 1. The number of nitrogens with zero attached hydrogens (tertiary/aromatic N) is 1. The van der Waals surface area contributed by atoms with Gasteiger partial charge in [-0.05, 0) is 24.5 Å². The predicted molar refractivity (Wildman–Crippen MR) is 91.7 cm³/mol. The van der Waals surface area contributed by atoms with Crippen LogP contribution in [-0.4, -0.2) is 37.6 Å². The van der Waals surface area contributed by atoms with Gasteiger partial charge in [0, 0.05) is 11.6 Å². The smallest absolute Gasteiger partial charge is 0.411 e. The standard InChI is InChI=1S/C17H23N3O4/c1-10(2)8-13-16(18-17(21)24-5)15(20-19-13)12-7-6-11(22-3)9-14(12)23-4/h6-7,9-10H,8H2,1-5H3,(H,18,21)(H,19,20). The number of amides is 1. The van der Waals surface area contributed by atoms with Crippen molar-refractivity contribution in [3.8, 4) is 22.8 Å². The van der Waals surface area contributed by atoms with Crippen LogP contribution in [0, 0.1) is 5.92 Å². The van der Waals surface area contributed by atoms with Crippen LogP contribution in [0.25, 0.3) is 11.3 Å². The Bertz CT molecular complexity index is 710. The van der Waals surface area contributed by atoms with Crippen molar-refractivity contribution in [3.63, 3.8) is 0 Å². The van der Waals surface area contributed by atoms with Crippen molar-refractivity contribution in [1.82, 2.24) is 10.2 Å². The minimum absolute atomic E-state index is 0.397. The Labute approximate surface area is 141 Å². The normalized spacial score (nSPS) is 10.6. The highest BCUT2D eigenvalue weighted by molar-refractivity contribution is 5.92. The van der Waals surface area contributed by atoms with Crippen molar-refractivity contribution in [3.05, 3.63) is 23.9 Å². The van der Waals surface area contributed by atoms with Crippen LogP contribution in [0.4, 0.5) is 10.5 Å². The fourth-order valence-corrected chi connectivity index (χ4v) is 2.41. The molecule has 0 aliphatic rings. The summed E-state index contributed by atoms with van der Waals surface area (Å²) in [5.41, 5.74) is 2.77. The number of carbonyl (C=O) groups excluding carboxylic acids is 1. The number of H-pyrrole nitrogens is 1. The first-order valence-corrected chi connectivity index (χ1v) is 7.64. The monoisotopic (exact) mass is 333 g/mol. The molecular weight excluding hydrogens is 310 g/mol. The summed E-state index contributed by atoms with van der Waals surface area (Å²) in [4.78, 5) is 11.7. The summed E-state index contributed by atoms with van der Waals surface area (Å²) in [5, 5.41) is 10.1. The van der Waals surface area contributed by atoms with E-state index in [1.807, 2.05) is 12.1 Å². The highest BCUT2D eigenvalue weighted by atomic mass is 16.5. The number of aromatic amines is 1. The third-order valence-corrected chi connectivity index (χ3v) is 3.53. The minimum atomic E-state index is -0.546. The highest BCUT2D eigenvalue weighted by Crippen LogP contribution is 2.38. The second-order valence-corrected chi connectivity index (χ2v) is 5.71. The lowest BCUT2D eigenvalue weighted by Crippen LogP contribution is -2.13. The van der Waals surface area contributed by atoms with Crippen LogP contribution >= 0.6 is 0 Å². The van der Waals surface area contributed by atoms with Crippen molar-refractivity contribution in [2.45, 2.75) is 20.3 Å². The molecule has 2 aromatic rings. The Morgan fingerprint density at radius 3 is 2.58 bits per heavy atom. The van der Waals surface area contributed by atoms with Crippen LogP contribution < -0.4 is 14.8 Å². The Balaban J connectivity index is 2.53. The molecule has 0 fully saturated rings. The van der Waals surface area contributed by atoms with E-state index >= 15 is 0 Å². The first kappa shape index (κ1) is 17.7. The van der Waals surface area contributed by atoms with Crippen molar-refractivity contribution in [2.75, 3.05) is 26.6 Å². The third kappa shape index (κ3) is 3.79. The van der Waals surface area contributed by atoms with Crippen molar-refractivity contribution >= 4 is 11.8 Å². The molecular formula is C17H23N3O4. The van der Waals surface area contributed by atoms with Gasteiger partial charge in [0.1, 0.15) is 17.2 Å². The van der Waals surface area contributed by atoms with Crippen molar-refractivity contribution in [1.29, 1.82) is 0 Å². The van der Waals surface area contributed by atoms with Gasteiger partial charge in [-0.3, -0.25) is 10.4 Å². The molecule has 24 heavy (non-hydrogen) atoms. The molecule has 0 atom stereocenters. The van der Waals surface area contributed by atoms with Gasteiger partial charge >= 0.3 is 6.09 Å². The van der Waals surface area contributed by atoms with E-state index < -0.39 is 6.09 Å². The Hall–Kier alpha value is -2.70. The van der Waals surface area contributed by atoms with Crippen LogP contribution in [0.1, 0.15) is 19.5 Å². The average molecular weight is 333 g/mol. The molecule has 1 aromatic carbocycles. The number of carbonyl (C=O) groups is 1. The lowest BCUT2D eigenvalue weighted by Gasteiger charge is -2.12. The molecule has 0 bridgehead atoms. The molecule has 0 radical (unpaired) electrons. The summed E-state index contributed by atoms with van der Waals surface area (Å²) in [6.45, 7) is 4.19. The highest BCUT2D eigenvalue weighted by Gasteiger charge is 2.21. The van der Waals surface area contributed by atoms with Gasteiger partial charge in [-0.2, -0.15) is 5.10 Å². The number of hydrogen-bond acceptors (Lipinski definition) is 5. The Morgan fingerprint density at radius 1 is 1.25 bits per heavy atom. The molecule has 1 heterocycles. The fraction of sp³-hybridized carbons (Fsp3) is 0.412. The fourth-order valence-electron chi connectivity index (χ4n) is 2.41. The van der Waals surface area contributed by atoms with E-state index in [9.17, 15) is 4.79 Å². The summed E-state index contributed by atoms with van der Waals surface area (Å²) < 4.78 is 15.4. The summed E-state index contributed by atoms with van der Waals surface area (Å²) in [6.07, 6.45) is 0.195. The van der Waals surface area contributed by atoms with Gasteiger partial charge in [-0.15, -0.1) is 0 Å². The van der Waals surface area contributed by atoms with Gasteiger partial charge in [-0.25, -0.2) is 4.79 Å². The van der Waals surface area contributed by atoms with Gasteiger partial charge in [0.15, 0.2) is 0 Å². The maximum atomic E-state index is 11.7. The molecule has 1 amide bonds. The summed E-state index contributed by atoms with van der Waals surface area (Å²) in [5.74, 6) is 1.68. The molecule has 0 spiro atoms. The second-order valence-electron chi connectivity index (χ2n) is 5.71. The van der Waals surface area contributed by atoms with E-state index in [1.165, 1.54) is 7.11 Å². The zero-order chi connectivity index (χ0) is 17.7. The van der Waals surface area contributed by atoms with E-state index in [1.54, 1.807) is 20.3 Å². The molecule has 7 heteroatoms. The Morgan fingerprint density at radius 2 is 2.00 bits per heavy atom. The van der Waals surface area contributed by atoms with Crippen LogP contribution in [-0.2, 0) is 11.2 Å². The quantitative estimate of drug-likeness (QED) is 0.845.